The lowest BCUT2D eigenvalue weighted by molar-refractivity contribution is 0.0470. The maximum atomic E-state index is 13.6. The number of benzene rings is 3. The monoisotopic (exact) mass is 435 g/mol. The first kappa shape index (κ1) is 20.4. The van der Waals surface area contributed by atoms with Crippen molar-refractivity contribution in [1.82, 2.24) is 15.0 Å². The predicted molar refractivity (Wildman–Crippen MR) is 113 cm³/mol. The first-order valence-corrected chi connectivity index (χ1v) is 9.62. The van der Waals surface area contributed by atoms with Crippen molar-refractivity contribution in [2.24, 2.45) is 0 Å². The molecule has 0 unspecified atom stereocenters. The van der Waals surface area contributed by atoms with E-state index in [2.05, 4.69) is 10.3 Å². The van der Waals surface area contributed by atoms with Crippen molar-refractivity contribution < 1.29 is 18.7 Å². The fraction of sp³-hybridized carbons (Fsp3) is 0.0435. The molecule has 0 aliphatic heterocycles. The Labute approximate surface area is 181 Å². The maximum Gasteiger partial charge on any atom is 0.341 e. The van der Waals surface area contributed by atoms with E-state index in [1.165, 1.54) is 18.2 Å². The quantitative estimate of drug-likeness (QED) is 0.322. The third-order valence-electron chi connectivity index (χ3n) is 4.55. The molecule has 0 radical (unpaired) electrons. The number of hydrogen-bond donors (Lipinski definition) is 0. The van der Waals surface area contributed by atoms with Crippen LogP contribution in [0.2, 0.25) is 5.02 Å². The molecule has 0 amide bonds. The second-order valence-corrected chi connectivity index (χ2v) is 7.00. The van der Waals surface area contributed by atoms with E-state index in [0.717, 1.165) is 17.3 Å². The van der Waals surface area contributed by atoms with Crippen molar-refractivity contribution in [3.63, 3.8) is 0 Å². The van der Waals surface area contributed by atoms with Gasteiger partial charge in [0.1, 0.15) is 5.82 Å². The molecule has 0 fully saturated rings. The number of carbonyl (C=O) groups is 2. The highest BCUT2D eigenvalue weighted by Crippen LogP contribution is 2.23. The number of halogens is 2. The van der Waals surface area contributed by atoms with Crippen LogP contribution in [0.15, 0.2) is 79.0 Å². The SMILES string of the molecule is O=C(COC(=O)c1ccccc1F)c1ccc(-n2nncc2-c2ccc(Cl)cc2)cc1. The molecule has 31 heavy (non-hydrogen) atoms. The van der Waals surface area contributed by atoms with Crippen LogP contribution in [0.5, 0.6) is 0 Å². The Kier molecular flexibility index (Phi) is 5.86. The van der Waals surface area contributed by atoms with Gasteiger partial charge in [0.25, 0.3) is 0 Å². The molecule has 0 atom stereocenters. The summed E-state index contributed by atoms with van der Waals surface area (Å²) in [7, 11) is 0. The zero-order valence-corrected chi connectivity index (χ0v) is 16.8. The number of esters is 1. The fourth-order valence-corrected chi connectivity index (χ4v) is 3.08. The molecule has 0 aliphatic carbocycles. The fourth-order valence-electron chi connectivity index (χ4n) is 2.95. The number of nitrogens with zero attached hydrogens (tertiary/aromatic N) is 3. The van der Waals surface area contributed by atoms with Crippen molar-refractivity contribution in [3.8, 4) is 16.9 Å². The molecule has 0 bridgehead atoms. The Morgan fingerprint density at radius 2 is 1.68 bits per heavy atom. The van der Waals surface area contributed by atoms with E-state index in [0.29, 0.717) is 16.3 Å². The van der Waals surface area contributed by atoms with Gasteiger partial charge in [-0.1, -0.05) is 41.1 Å². The summed E-state index contributed by atoms with van der Waals surface area (Å²) in [4.78, 5) is 24.3. The molecule has 8 heteroatoms. The lowest BCUT2D eigenvalue weighted by Crippen LogP contribution is -2.15. The van der Waals surface area contributed by atoms with Gasteiger partial charge in [-0.25, -0.2) is 13.9 Å². The second kappa shape index (κ2) is 8.89. The molecule has 6 nitrogen and oxygen atoms in total. The Hall–Kier alpha value is -3.84. The summed E-state index contributed by atoms with van der Waals surface area (Å²) in [5.74, 6) is -2.00. The Balaban J connectivity index is 1.46. The van der Waals surface area contributed by atoms with Gasteiger partial charge >= 0.3 is 5.97 Å². The summed E-state index contributed by atoms with van der Waals surface area (Å²) < 4.78 is 20.2. The van der Waals surface area contributed by atoms with Crippen LogP contribution in [0.1, 0.15) is 20.7 Å². The summed E-state index contributed by atoms with van der Waals surface area (Å²) in [6.45, 7) is -0.494. The van der Waals surface area contributed by atoms with E-state index < -0.39 is 24.2 Å². The Morgan fingerprint density at radius 1 is 0.968 bits per heavy atom. The lowest BCUT2D eigenvalue weighted by Gasteiger charge is -2.08. The van der Waals surface area contributed by atoms with Crippen molar-refractivity contribution in [3.05, 3.63) is 101 Å². The van der Waals surface area contributed by atoms with Gasteiger partial charge in [0.15, 0.2) is 12.4 Å². The third kappa shape index (κ3) is 4.51. The van der Waals surface area contributed by atoms with Crippen LogP contribution in [-0.4, -0.2) is 33.4 Å². The second-order valence-electron chi connectivity index (χ2n) is 6.56. The molecule has 0 aliphatic rings. The largest absolute Gasteiger partial charge is 0.454 e. The van der Waals surface area contributed by atoms with Crippen LogP contribution in [-0.2, 0) is 4.74 Å². The van der Waals surface area contributed by atoms with Crippen LogP contribution >= 0.6 is 11.6 Å². The Morgan fingerprint density at radius 3 is 2.39 bits per heavy atom. The van der Waals surface area contributed by atoms with Gasteiger partial charge in [0.05, 0.1) is 23.1 Å². The summed E-state index contributed by atoms with van der Waals surface area (Å²) in [6, 6.07) is 19.3. The zero-order valence-electron chi connectivity index (χ0n) is 16.0. The van der Waals surface area contributed by atoms with Gasteiger partial charge in [0.2, 0.25) is 0 Å². The van der Waals surface area contributed by atoms with Crippen LogP contribution in [0.4, 0.5) is 4.39 Å². The highest BCUT2D eigenvalue weighted by atomic mass is 35.5. The van der Waals surface area contributed by atoms with Crippen molar-refractivity contribution in [1.29, 1.82) is 0 Å². The third-order valence-corrected chi connectivity index (χ3v) is 4.80. The van der Waals surface area contributed by atoms with Crippen LogP contribution in [0.25, 0.3) is 16.9 Å². The standard InChI is InChI=1S/C23H15ClFN3O3/c24-17-9-5-15(6-10-17)21-13-26-27-28(21)18-11-7-16(8-12-18)22(29)14-31-23(30)19-3-1-2-4-20(19)25/h1-13H,14H2. The normalized spacial score (nSPS) is 10.6. The first-order chi connectivity index (χ1) is 15.0. The maximum absolute atomic E-state index is 13.6. The van der Waals surface area contributed by atoms with Crippen molar-refractivity contribution in [2.45, 2.75) is 0 Å². The molecule has 0 N–H and O–H groups in total. The number of ether oxygens (including phenoxy) is 1. The number of aromatic nitrogens is 3. The topological polar surface area (TPSA) is 74.1 Å². The Bertz CT molecular complexity index is 1240. The van der Waals surface area contributed by atoms with Crippen molar-refractivity contribution >= 4 is 23.4 Å². The van der Waals surface area contributed by atoms with Crippen molar-refractivity contribution in [2.75, 3.05) is 6.61 Å². The number of ketones is 1. The minimum Gasteiger partial charge on any atom is -0.454 e. The van der Waals surface area contributed by atoms with E-state index in [1.807, 2.05) is 12.1 Å². The molecule has 1 heterocycles. The molecule has 0 spiro atoms. The first-order valence-electron chi connectivity index (χ1n) is 9.25. The van der Waals surface area contributed by atoms with Crippen LogP contribution < -0.4 is 0 Å². The number of carbonyl (C=O) groups excluding carboxylic acids is 2. The molecule has 1 aromatic heterocycles. The molecule has 0 saturated heterocycles. The average Bonchev–Trinajstić information content (AvgIpc) is 3.28. The van der Waals surface area contributed by atoms with Gasteiger partial charge in [-0.3, -0.25) is 4.79 Å². The van der Waals surface area contributed by atoms with E-state index in [1.54, 1.807) is 47.3 Å². The molecular formula is C23H15ClFN3O3. The molecule has 3 aromatic carbocycles. The summed E-state index contributed by atoms with van der Waals surface area (Å²) in [5.41, 5.74) is 2.47. The highest BCUT2D eigenvalue weighted by Gasteiger charge is 2.16. The van der Waals surface area contributed by atoms with Gasteiger partial charge in [-0.05, 0) is 48.5 Å². The number of hydrogen-bond acceptors (Lipinski definition) is 5. The highest BCUT2D eigenvalue weighted by molar-refractivity contribution is 6.30. The van der Waals surface area contributed by atoms with Gasteiger partial charge in [-0.2, -0.15) is 0 Å². The number of Topliss-reactive ketones (excluding diaryl/α,β-unsaturated/α-hetero) is 1. The van der Waals surface area contributed by atoms with Crippen LogP contribution in [0.3, 0.4) is 0 Å². The number of rotatable bonds is 6. The summed E-state index contributed by atoms with van der Waals surface area (Å²) in [5, 5.41) is 8.70. The zero-order chi connectivity index (χ0) is 21.8. The molecule has 0 saturated carbocycles. The van der Waals surface area contributed by atoms with E-state index in [4.69, 9.17) is 16.3 Å². The van der Waals surface area contributed by atoms with E-state index in [-0.39, 0.29) is 5.56 Å². The molecule has 4 aromatic rings. The minimum absolute atomic E-state index is 0.216. The van der Waals surface area contributed by atoms with Gasteiger partial charge in [0, 0.05) is 16.1 Å². The van der Waals surface area contributed by atoms with E-state index in [9.17, 15) is 14.0 Å². The average molecular weight is 436 g/mol. The summed E-state index contributed by atoms with van der Waals surface area (Å²) in [6.07, 6.45) is 1.63. The lowest BCUT2D eigenvalue weighted by atomic mass is 10.1. The minimum atomic E-state index is -0.890. The van der Waals surface area contributed by atoms with Gasteiger partial charge in [-0.15, -0.1) is 5.10 Å². The summed E-state index contributed by atoms with van der Waals surface area (Å²) >= 11 is 5.94. The smallest absolute Gasteiger partial charge is 0.341 e. The molecule has 154 valence electrons. The van der Waals surface area contributed by atoms with Crippen LogP contribution in [0, 0.1) is 5.82 Å². The van der Waals surface area contributed by atoms with E-state index >= 15 is 0 Å². The van der Waals surface area contributed by atoms with Gasteiger partial charge < -0.3 is 4.74 Å². The molecule has 4 rings (SSSR count). The molecular weight excluding hydrogens is 421 g/mol. The predicted octanol–water partition coefficient (Wildman–Crippen LogP) is 4.77.